The van der Waals surface area contributed by atoms with Crippen molar-refractivity contribution in [3.63, 3.8) is 0 Å². The second kappa shape index (κ2) is 4.31. The number of rotatable bonds is 1. The van der Waals surface area contributed by atoms with E-state index >= 15 is 0 Å². The zero-order valence-corrected chi connectivity index (χ0v) is 10.2. The second-order valence-corrected chi connectivity index (χ2v) is 5.31. The highest BCUT2D eigenvalue weighted by Crippen LogP contribution is 2.24. The van der Waals surface area contributed by atoms with Crippen LogP contribution >= 0.6 is 0 Å². The Balaban J connectivity index is 2.58. The molecule has 16 heavy (non-hydrogen) atoms. The molecule has 0 aromatic carbocycles. The summed E-state index contributed by atoms with van der Waals surface area (Å²) in [5.74, 6) is -1.35. The Labute approximate surface area is 95.4 Å². The monoisotopic (exact) mass is 229 g/mol. The van der Waals surface area contributed by atoms with Crippen LogP contribution in [0.2, 0.25) is 0 Å². The summed E-state index contributed by atoms with van der Waals surface area (Å²) >= 11 is 0. The van der Waals surface area contributed by atoms with Gasteiger partial charge in [-0.3, -0.25) is 4.79 Å². The van der Waals surface area contributed by atoms with Gasteiger partial charge in [-0.2, -0.15) is 0 Å². The molecule has 1 saturated heterocycles. The van der Waals surface area contributed by atoms with Gasteiger partial charge in [0.15, 0.2) is 0 Å². The molecule has 1 aliphatic rings. The van der Waals surface area contributed by atoms with Crippen LogP contribution in [-0.2, 0) is 9.53 Å². The van der Waals surface area contributed by atoms with Crippen LogP contribution in [0.3, 0.4) is 0 Å². The fourth-order valence-electron chi connectivity index (χ4n) is 1.76. The summed E-state index contributed by atoms with van der Waals surface area (Å²) in [6.07, 6.45) is -0.428. The third-order valence-corrected chi connectivity index (χ3v) is 2.58. The summed E-state index contributed by atoms with van der Waals surface area (Å²) in [6.45, 7) is 7.90. The van der Waals surface area contributed by atoms with Crippen LogP contribution in [0.25, 0.3) is 0 Å². The summed E-state index contributed by atoms with van der Waals surface area (Å²) in [5.41, 5.74) is -0.540. The van der Waals surface area contributed by atoms with Crippen LogP contribution in [0.1, 0.15) is 27.7 Å². The van der Waals surface area contributed by atoms with Gasteiger partial charge in [0.25, 0.3) is 0 Å². The van der Waals surface area contributed by atoms with Gasteiger partial charge >= 0.3 is 12.1 Å². The number of carboxylic acids is 1. The molecule has 0 aromatic rings. The molecule has 0 spiro atoms. The maximum absolute atomic E-state index is 11.7. The SMILES string of the molecule is C[C@@H]1CN(C(=O)OC(C)(C)C)CC1C(=O)O. The van der Waals surface area contributed by atoms with E-state index in [0.717, 1.165) is 0 Å². The first-order valence-corrected chi connectivity index (χ1v) is 5.41. The van der Waals surface area contributed by atoms with E-state index in [-0.39, 0.29) is 12.5 Å². The predicted molar refractivity (Wildman–Crippen MR) is 58.1 cm³/mol. The van der Waals surface area contributed by atoms with Crippen molar-refractivity contribution in [2.45, 2.75) is 33.3 Å². The highest BCUT2D eigenvalue weighted by Gasteiger charge is 2.38. The zero-order chi connectivity index (χ0) is 12.5. The van der Waals surface area contributed by atoms with Gasteiger partial charge in [0.05, 0.1) is 5.92 Å². The Morgan fingerprint density at radius 2 is 1.88 bits per heavy atom. The molecule has 1 aliphatic heterocycles. The molecule has 0 aliphatic carbocycles. The summed E-state index contributed by atoms with van der Waals surface area (Å²) in [4.78, 5) is 24.0. The number of nitrogens with zero attached hydrogens (tertiary/aromatic N) is 1. The van der Waals surface area contributed by atoms with Gasteiger partial charge in [0.1, 0.15) is 5.60 Å². The molecule has 0 aromatic heterocycles. The molecule has 5 heteroatoms. The van der Waals surface area contributed by atoms with E-state index in [4.69, 9.17) is 9.84 Å². The molecule has 1 amide bonds. The maximum atomic E-state index is 11.7. The van der Waals surface area contributed by atoms with E-state index < -0.39 is 23.6 Å². The molecule has 0 radical (unpaired) electrons. The van der Waals surface area contributed by atoms with E-state index in [9.17, 15) is 9.59 Å². The number of likely N-dealkylation sites (tertiary alicyclic amines) is 1. The van der Waals surface area contributed by atoms with E-state index in [1.165, 1.54) is 4.90 Å². The number of hydrogen-bond acceptors (Lipinski definition) is 3. The average Bonchev–Trinajstić information content (AvgIpc) is 2.44. The van der Waals surface area contributed by atoms with Crippen molar-refractivity contribution in [3.8, 4) is 0 Å². The lowest BCUT2D eigenvalue weighted by molar-refractivity contribution is -0.142. The minimum absolute atomic E-state index is 0.0231. The third kappa shape index (κ3) is 3.12. The minimum Gasteiger partial charge on any atom is -0.481 e. The van der Waals surface area contributed by atoms with E-state index in [2.05, 4.69) is 0 Å². The van der Waals surface area contributed by atoms with Crippen molar-refractivity contribution in [1.29, 1.82) is 0 Å². The Bertz CT molecular complexity index is 295. The van der Waals surface area contributed by atoms with Gasteiger partial charge in [-0.1, -0.05) is 6.92 Å². The first-order valence-electron chi connectivity index (χ1n) is 5.41. The van der Waals surface area contributed by atoms with Crippen molar-refractivity contribution in [2.24, 2.45) is 11.8 Å². The maximum Gasteiger partial charge on any atom is 0.410 e. The largest absolute Gasteiger partial charge is 0.481 e. The first kappa shape index (κ1) is 12.8. The summed E-state index contributed by atoms with van der Waals surface area (Å²) < 4.78 is 5.19. The molecule has 5 nitrogen and oxygen atoms in total. The summed E-state index contributed by atoms with van der Waals surface area (Å²) in [7, 11) is 0. The van der Waals surface area contributed by atoms with E-state index in [1.54, 1.807) is 20.8 Å². The molecular weight excluding hydrogens is 210 g/mol. The van der Waals surface area contributed by atoms with Crippen molar-refractivity contribution < 1.29 is 19.4 Å². The first-order chi connectivity index (χ1) is 7.20. The Morgan fingerprint density at radius 1 is 1.31 bits per heavy atom. The number of aliphatic carboxylic acids is 1. The highest BCUT2D eigenvalue weighted by molar-refractivity contribution is 5.74. The smallest absolute Gasteiger partial charge is 0.410 e. The molecule has 0 bridgehead atoms. The van der Waals surface area contributed by atoms with Crippen molar-refractivity contribution in [2.75, 3.05) is 13.1 Å². The van der Waals surface area contributed by atoms with Crippen LogP contribution in [-0.4, -0.2) is 40.8 Å². The quantitative estimate of drug-likeness (QED) is 0.741. The lowest BCUT2D eigenvalue weighted by atomic mass is 9.99. The topological polar surface area (TPSA) is 66.8 Å². The molecule has 0 saturated carbocycles. The lowest BCUT2D eigenvalue weighted by Crippen LogP contribution is -2.35. The van der Waals surface area contributed by atoms with Crippen molar-refractivity contribution >= 4 is 12.1 Å². The van der Waals surface area contributed by atoms with E-state index in [0.29, 0.717) is 6.54 Å². The molecule has 1 rings (SSSR count). The van der Waals surface area contributed by atoms with E-state index in [1.807, 2.05) is 6.92 Å². The van der Waals surface area contributed by atoms with Gasteiger partial charge in [0, 0.05) is 13.1 Å². The fraction of sp³-hybridized carbons (Fsp3) is 0.818. The van der Waals surface area contributed by atoms with Gasteiger partial charge < -0.3 is 14.7 Å². The van der Waals surface area contributed by atoms with Gasteiger partial charge in [-0.15, -0.1) is 0 Å². The van der Waals surface area contributed by atoms with Crippen LogP contribution in [0.5, 0.6) is 0 Å². The third-order valence-electron chi connectivity index (χ3n) is 2.58. The van der Waals surface area contributed by atoms with Crippen LogP contribution < -0.4 is 0 Å². The van der Waals surface area contributed by atoms with Gasteiger partial charge in [-0.05, 0) is 26.7 Å². The van der Waals surface area contributed by atoms with Crippen LogP contribution in [0, 0.1) is 11.8 Å². The number of amides is 1. The number of hydrogen-bond donors (Lipinski definition) is 1. The second-order valence-electron chi connectivity index (χ2n) is 5.31. The molecule has 1 fully saturated rings. The molecular formula is C11H19NO4. The fourth-order valence-corrected chi connectivity index (χ4v) is 1.76. The molecule has 1 N–H and O–H groups in total. The zero-order valence-electron chi connectivity index (χ0n) is 10.2. The van der Waals surface area contributed by atoms with Gasteiger partial charge in [-0.25, -0.2) is 4.79 Å². The lowest BCUT2D eigenvalue weighted by Gasteiger charge is -2.24. The van der Waals surface area contributed by atoms with Crippen molar-refractivity contribution in [1.82, 2.24) is 4.90 Å². The standard InChI is InChI=1S/C11H19NO4/c1-7-5-12(6-8(7)9(13)14)10(15)16-11(2,3)4/h7-8H,5-6H2,1-4H3,(H,13,14)/t7-,8?/m1/s1. The van der Waals surface area contributed by atoms with Gasteiger partial charge in [0.2, 0.25) is 0 Å². The Morgan fingerprint density at radius 3 is 2.25 bits per heavy atom. The van der Waals surface area contributed by atoms with Crippen molar-refractivity contribution in [3.05, 3.63) is 0 Å². The molecule has 1 heterocycles. The summed E-state index contributed by atoms with van der Waals surface area (Å²) in [5, 5.41) is 8.94. The highest BCUT2D eigenvalue weighted by atomic mass is 16.6. The number of carboxylic acid groups (broad SMARTS) is 1. The number of ether oxygens (including phenoxy) is 1. The normalized spacial score (nSPS) is 25.6. The molecule has 92 valence electrons. The molecule has 2 atom stereocenters. The number of carbonyl (C=O) groups is 2. The number of carbonyl (C=O) groups excluding carboxylic acids is 1. The van der Waals surface area contributed by atoms with Crippen LogP contribution in [0.15, 0.2) is 0 Å². The average molecular weight is 229 g/mol. The van der Waals surface area contributed by atoms with Crippen LogP contribution in [0.4, 0.5) is 4.79 Å². The minimum atomic E-state index is -0.849. The predicted octanol–water partition coefficient (Wildman–Crippen LogP) is 1.57. The summed E-state index contributed by atoms with van der Waals surface area (Å²) in [6, 6.07) is 0. The Kier molecular flexibility index (Phi) is 3.45. The molecule has 1 unspecified atom stereocenters. The Hall–Kier alpha value is -1.26.